The Balaban J connectivity index is 1.27. The van der Waals surface area contributed by atoms with E-state index in [1.165, 1.54) is 4.57 Å². The topological polar surface area (TPSA) is 90.3 Å². The smallest absolute Gasteiger partial charge is 0.420 e. The number of carbonyl (C=O) groups excluding carboxylic acids is 1. The van der Waals surface area contributed by atoms with Gasteiger partial charge in [0.15, 0.2) is 16.4 Å². The molecule has 7 nitrogen and oxygen atoms in total. The molecule has 1 amide bonds. The summed E-state index contributed by atoms with van der Waals surface area (Å²) >= 11 is 1.55. The zero-order chi connectivity index (χ0) is 19.8. The van der Waals surface area contributed by atoms with Crippen molar-refractivity contribution in [1.29, 1.82) is 0 Å². The van der Waals surface area contributed by atoms with Crippen LogP contribution in [0.4, 0.5) is 0 Å². The van der Waals surface area contributed by atoms with Gasteiger partial charge in [0.05, 0.1) is 22.3 Å². The molecule has 3 aromatic heterocycles. The molecule has 0 aliphatic rings. The van der Waals surface area contributed by atoms with Gasteiger partial charge in [0.1, 0.15) is 12.3 Å². The lowest BCUT2D eigenvalue weighted by Crippen LogP contribution is -2.30. The number of rotatable bonds is 5. The molecule has 8 heteroatoms. The number of carbonyl (C=O) groups is 1. The number of thiazole rings is 1. The normalized spacial score (nSPS) is 11.3. The third-order valence-electron chi connectivity index (χ3n) is 4.50. The number of aromatic nitrogens is 2. The summed E-state index contributed by atoms with van der Waals surface area (Å²) in [6.45, 7) is 0.0928. The maximum Gasteiger partial charge on any atom is 0.420 e. The second-order valence-electron chi connectivity index (χ2n) is 6.45. The van der Waals surface area contributed by atoms with Crippen molar-refractivity contribution in [3.63, 3.8) is 0 Å². The summed E-state index contributed by atoms with van der Waals surface area (Å²) in [4.78, 5) is 28.9. The molecule has 0 unspecified atom stereocenters. The lowest BCUT2D eigenvalue weighted by atomic mass is 10.3. The lowest BCUT2D eigenvalue weighted by molar-refractivity contribution is -0.121. The van der Waals surface area contributed by atoms with Gasteiger partial charge in [-0.3, -0.25) is 9.36 Å². The molecule has 2 aromatic carbocycles. The molecular weight excluding hydrogens is 390 g/mol. The van der Waals surface area contributed by atoms with Crippen LogP contribution in [0.2, 0.25) is 0 Å². The molecule has 29 heavy (non-hydrogen) atoms. The molecule has 0 spiro atoms. The zero-order valence-corrected chi connectivity index (χ0v) is 15.9. The van der Waals surface area contributed by atoms with E-state index in [4.69, 9.17) is 8.83 Å². The average molecular weight is 405 g/mol. The fraction of sp³-hybridized carbons (Fsp3) is 0.0952. The Hall–Kier alpha value is -3.65. The van der Waals surface area contributed by atoms with Gasteiger partial charge in [0.25, 0.3) is 0 Å². The van der Waals surface area contributed by atoms with Crippen LogP contribution in [-0.2, 0) is 17.9 Å². The van der Waals surface area contributed by atoms with Gasteiger partial charge in [0, 0.05) is 0 Å². The molecule has 0 atom stereocenters. The molecule has 1 N–H and O–H groups in total. The standard InChI is InChI=1S/C21H15N3O4S/c25-19(12-24-15-6-2-3-7-16(15)28-21(24)26)22-11-13-9-10-17(27-13)20-23-14-5-1-4-8-18(14)29-20/h1-10H,11-12H2,(H,22,25). The Kier molecular flexibility index (Phi) is 4.25. The van der Waals surface area contributed by atoms with Crippen LogP contribution in [0.25, 0.3) is 32.1 Å². The predicted molar refractivity (Wildman–Crippen MR) is 110 cm³/mol. The van der Waals surface area contributed by atoms with Crippen LogP contribution in [0.5, 0.6) is 0 Å². The average Bonchev–Trinajstić information content (AvgIpc) is 3.43. The molecule has 0 aliphatic heterocycles. The fourth-order valence-electron chi connectivity index (χ4n) is 3.11. The number of fused-ring (bicyclic) bond motifs is 2. The second-order valence-corrected chi connectivity index (χ2v) is 7.48. The minimum atomic E-state index is -0.558. The van der Waals surface area contributed by atoms with Crippen molar-refractivity contribution in [2.45, 2.75) is 13.1 Å². The first-order valence-electron chi connectivity index (χ1n) is 8.97. The minimum absolute atomic E-state index is 0.124. The van der Waals surface area contributed by atoms with Gasteiger partial charge in [-0.1, -0.05) is 24.3 Å². The number of oxazole rings is 1. The minimum Gasteiger partial charge on any atom is -0.457 e. The predicted octanol–water partition coefficient (Wildman–Crippen LogP) is 3.78. The zero-order valence-electron chi connectivity index (χ0n) is 15.1. The molecule has 5 rings (SSSR count). The molecule has 3 heterocycles. The molecule has 0 radical (unpaired) electrons. The van der Waals surface area contributed by atoms with E-state index in [9.17, 15) is 9.59 Å². The Bertz CT molecular complexity index is 1360. The van der Waals surface area contributed by atoms with Crippen LogP contribution in [0.1, 0.15) is 5.76 Å². The summed E-state index contributed by atoms with van der Waals surface area (Å²) in [5.41, 5.74) is 1.97. The number of nitrogens with one attached hydrogen (secondary N) is 1. The Morgan fingerprint density at radius 3 is 2.76 bits per heavy atom. The van der Waals surface area contributed by atoms with Crippen molar-refractivity contribution >= 4 is 38.6 Å². The van der Waals surface area contributed by atoms with E-state index < -0.39 is 5.76 Å². The van der Waals surface area contributed by atoms with Crippen LogP contribution in [0, 0.1) is 0 Å². The summed E-state index contributed by atoms with van der Waals surface area (Å²) < 4.78 is 13.4. The number of hydrogen-bond acceptors (Lipinski definition) is 6. The van der Waals surface area contributed by atoms with Crippen LogP contribution >= 0.6 is 11.3 Å². The van der Waals surface area contributed by atoms with E-state index in [1.54, 1.807) is 41.7 Å². The Morgan fingerprint density at radius 2 is 1.86 bits per heavy atom. The van der Waals surface area contributed by atoms with E-state index in [0.717, 1.165) is 15.2 Å². The SMILES string of the molecule is O=C(Cn1c(=O)oc2ccccc21)NCc1ccc(-c2nc3ccccc3s2)o1. The molecule has 144 valence electrons. The van der Waals surface area contributed by atoms with Gasteiger partial charge >= 0.3 is 5.76 Å². The van der Waals surface area contributed by atoms with Crippen LogP contribution in [-0.4, -0.2) is 15.5 Å². The van der Waals surface area contributed by atoms with E-state index in [-0.39, 0.29) is 19.0 Å². The van der Waals surface area contributed by atoms with Gasteiger partial charge in [-0.05, 0) is 36.4 Å². The van der Waals surface area contributed by atoms with Crippen molar-refractivity contribution in [3.8, 4) is 10.8 Å². The number of para-hydroxylation sites is 3. The highest BCUT2D eigenvalue weighted by Crippen LogP contribution is 2.31. The Labute approximate surface area is 168 Å². The summed E-state index contributed by atoms with van der Waals surface area (Å²) in [5.74, 6) is 0.401. The van der Waals surface area contributed by atoms with Crippen LogP contribution in [0.3, 0.4) is 0 Å². The molecule has 0 bridgehead atoms. The first-order chi connectivity index (χ1) is 14.2. The monoisotopic (exact) mass is 405 g/mol. The number of furan rings is 1. The number of nitrogens with zero attached hydrogens (tertiary/aromatic N) is 2. The molecular formula is C21H15N3O4S. The largest absolute Gasteiger partial charge is 0.457 e. The second kappa shape index (κ2) is 7.06. The van der Waals surface area contributed by atoms with Crippen molar-refractivity contribution in [3.05, 3.63) is 77.0 Å². The van der Waals surface area contributed by atoms with E-state index in [2.05, 4.69) is 10.3 Å². The third kappa shape index (κ3) is 3.34. The first kappa shape index (κ1) is 17.4. The van der Waals surface area contributed by atoms with E-state index >= 15 is 0 Å². The van der Waals surface area contributed by atoms with Crippen LogP contribution < -0.4 is 11.1 Å². The molecule has 0 fully saturated rings. The van der Waals surface area contributed by atoms with Gasteiger partial charge in [-0.2, -0.15) is 0 Å². The van der Waals surface area contributed by atoms with Gasteiger partial charge in [-0.25, -0.2) is 9.78 Å². The van der Waals surface area contributed by atoms with Crippen LogP contribution in [0.15, 0.2) is 74.3 Å². The van der Waals surface area contributed by atoms with Crippen molar-refractivity contribution in [2.75, 3.05) is 0 Å². The highest BCUT2D eigenvalue weighted by atomic mass is 32.1. The van der Waals surface area contributed by atoms with E-state index in [1.807, 2.05) is 30.3 Å². The molecule has 0 saturated carbocycles. The lowest BCUT2D eigenvalue weighted by Gasteiger charge is -2.04. The molecule has 0 saturated heterocycles. The first-order valence-corrected chi connectivity index (χ1v) is 9.79. The highest BCUT2D eigenvalue weighted by Gasteiger charge is 2.14. The summed E-state index contributed by atoms with van der Waals surface area (Å²) in [7, 11) is 0. The van der Waals surface area contributed by atoms with Crippen molar-refractivity contribution in [2.24, 2.45) is 0 Å². The maximum absolute atomic E-state index is 12.3. The fourth-order valence-corrected chi connectivity index (χ4v) is 4.04. The maximum atomic E-state index is 12.3. The molecule has 0 aliphatic carbocycles. The number of benzene rings is 2. The number of hydrogen-bond donors (Lipinski definition) is 1. The number of amides is 1. The van der Waals surface area contributed by atoms with Gasteiger partial charge < -0.3 is 14.2 Å². The summed E-state index contributed by atoms with van der Waals surface area (Å²) in [6.07, 6.45) is 0. The summed E-state index contributed by atoms with van der Waals surface area (Å²) in [5, 5.41) is 3.56. The quantitative estimate of drug-likeness (QED) is 0.481. The third-order valence-corrected chi connectivity index (χ3v) is 5.55. The van der Waals surface area contributed by atoms with Crippen molar-refractivity contribution < 1.29 is 13.6 Å². The van der Waals surface area contributed by atoms with E-state index in [0.29, 0.717) is 22.6 Å². The summed E-state index contributed by atoms with van der Waals surface area (Å²) in [6, 6.07) is 18.5. The van der Waals surface area contributed by atoms with Crippen molar-refractivity contribution in [1.82, 2.24) is 14.9 Å². The van der Waals surface area contributed by atoms with Gasteiger partial charge in [-0.15, -0.1) is 11.3 Å². The molecule has 5 aromatic rings. The highest BCUT2D eigenvalue weighted by molar-refractivity contribution is 7.21. The Morgan fingerprint density at radius 1 is 1.03 bits per heavy atom. The van der Waals surface area contributed by atoms with Gasteiger partial charge in [0.2, 0.25) is 5.91 Å².